The van der Waals surface area contributed by atoms with Crippen molar-refractivity contribution in [3.63, 3.8) is 0 Å². The van der Waals surface area contributed by atoms with Gasteiger partial charge in [0.25, 0.3) is 5.91 Å². The number of amidine groups is 1. The van der Waals surface area contributed by atoms with Gasteiger partial charge in [0.1, 0.15) is 5.84 Å². The fourth-order valence-electron chi connectivity index (χ4n) is 3.15. The summed E-state index contributed by atoms with van der Waals surface area (Å²) in [5.41, 5.74) is 9.49. The number of rotatable bonds is 7. The molecule has 1 aromatic rings. The number of anilines is 1. The van der Waals surface area contributed by atoms with Gasteiger partial charge in [-0.3, -0.25) is 14.5 Å². The van der Waals surface area contributed by atoms with E-state index in [-0.39, 0.29) is 11.7 Å². The summed E-state index contributed by atoms with van der Waals surface area (Å²) >= 11 is 0. The number of amides is 1. The van der Waals surface area contributed by atoms with E-state index in [1.807, 2.05) is 25.1 Å². The number of nitrogens with zero attached hydrogens (tertiary/aromatic N) is 2. The van der Waals surface area contributed by atoms with Crippen LogP contribution in [0.2, 0.25) is 0 Å². The molecule has 0 saturated carbocycles. The van der Waals surface area contributed by atoms with Crippen LogP contribution in [0.1, 0.15) is 30.6 Å². The number of likely N-dealkylation sites (tertiary alicyclic amines) is 1. The van der Waals surface area contributed by atoms with Crippen molar-refractivity contribution in [2.75, 3.05) is 25.5 Å². The summed E-state index contributed by atoms with van der Waals surface area (Å²) in [7, 11) is 1.76. The second kappa shape index (κ2) is 9.07. The van der Waals surface area contributed by atoms with E-state index in [0.717, 1.165) is 17.8 Å². The molecule has 0 unspecified atom stereocenters. The molecule has 1 aromatic carbocycles. The number of ketones is 1. The Bertz CT molecular complexity index is 1030. The number of hydrogen-bond donors (Lipinski definition) is 2. The average Bonchev–Trinajstić information content (AvgIpc) is 2.99. The van der Waals surface area contributed by atoms with Crippen molar-refractivity contribution < 1.29 is 9.59 Å². The van der Waals surface area contributed by atoms with Gasteiger partial charge in [0.15, 0.2) is 5.78 Å². The van der Waals surface area contributed by atoms with E-state index in [1.165, 1.54) is 6.92 Å². The van der Waals surface area contributed by atoms with Crippen LogP contribution in [0.4, 0.5) is 11.4 Å². The van der Waals surface area contributed by atoms with E-state index in [1.54, 1.807) is 36.4 Å². The van der Waals surface area contributed by atoms with Crippen molar-refractivity contribution in [3.05, 3.63) is 70.8 Å². The van der Waals surface area contributed by atoms with Crippen molar-refractivity contribution in [3.8, 4) is 0 Å². The number of carbonyl (C=O) groups excluding carboxylic acids is 2. The summed E-state index contributed by atoms with van der Waals surface area (Å²) < 4.78 is 0. The first-order valence-corrected chi connectivity index (χ1v) is 9.55. The van der Waals surface area contributed by atoms with Gasteiger partial charge in [-0.15, -0.1) is 0 Å². The molecule has 2 N–H and O–H groups in total. The van der Waals surface area contributed by atoms with Crippen molar-refractivity contribution in [1.82, 2.24) is 10.2 Å². The third kappa shape index (κ3) is 4.64. The Labute approximate surface area is 170 Å². The van der Waals surface area contributed by atoms with E-state index in [0.29, 0.717) is 35.6 Å². The quantitative estimate of drug-likeness (QED) is 0.426. The third-order valence-corrected chi connectivity index (χ3v) is 4.56. The molecule has 6 nitrogen and oxygen atoms in total. The van der Waals surface area contributed by atoms with E-state index in [2.05, 4.69) is 22.1 Å². The Morgan fingerprint density at radius 2 is 2.21 bits per heavy atom. The first kappa shape index (κ1) is 20.2. The minimum absolute atomic E-state index is 0.0287. The van der Waals surface area contributed by atoms with Crippen LogP contribution in [0.25, 0.3) is 0 Å². The van der Waals surface area contributed by atoms with Gasteiger partial charge in [0.2, 0.25) is 0 Å². The maximum atomic E-state index is 12.9. The van der Waals surface area contributed by atoms with Gasteiger partial charge in [-0.25, -0.2) is 4.99 Å². The van der Waals surface area contributed by atoms with Crippen LogP contribution in [0, 0.1) is 0 Å². The van der Waals surface area contributed by atoms with Gasteiger partial charge in [0.05, 0.1) is 17.9 Å². The molecule has 0 radical (unpaired) electrons. The number of allylic oxidation sites excluding steroid dienone is 2. The highest BCUT2D eigenvalue weighted by Gasteiger charge is 2.32. The summed E-state index contributed by atoms with van der Waals surface area (Å²) in [5, 5.41) is 6.20. The molecule has 1 saturated heterocycles. The molecule has 6 heteroatoms. The number of carbonyl (C=O) groups is 2. The van der Waals surface area contributed by atoms with E-state index >= 15 is 0 Å². The van der Waals surface area contributed by atoms with Crippen LogP contribution < -0.4 is 10.6 Å². The minimum atomic E-state index is -0.0944. The highest BCUT2D eigenvalue weighted by molar-refractivity contribution is 6.16. The summed E-state index contributed by atoms with van der Waals surface area (Å²) in [4.78, 5) is 31.2. The zero-order valence-corrected chi connectivity index (χ0v) is 16.9. The van der Waals surface area contributed by atoms with Gasteiger partial charge in [-0.2, -0.15) is 0 Å². The number of benzene rings is 1. The molecule has 148 valence electrons. The number of hydrogen-bond acceptors (Lipinski definition) is 5. The predicted octanol–water partition coefficient (Wildman–Crippen LogP) is 3.49. The van der Waals surface area contributed by atoms with E-state index in [4.69, 9.17) is 4.99 Å². The first-order valence-electron chi connectivity index (χ1n) is 9.55. The minimum Gasteiger partial charge on any atom is -0.394 e. The molecule has 0 atom stereocenters. The van der Waals surface area contributed by atoms with Gasteiger partial charge in [-0.1, -0.05) is 17.5 Å². The molecule has 1 aliphatic heterocycles. The van der Waals surface area contributed by atoms with Gasteiger partial charge < -0.3 is 10.6 Å². The maximum Gasteiger partial charge on any atom is 0.257 e. The molecule has 1 aliphatic carbocycles. The lowest BCUT2D eigenvalue weighted by molar-refractivity contribution is -0.122. The van der Waals surface area contributed by atoms with Gasteiger partial charge in [0, 0.05) is 42.9 Å². The lowest BCUT2D eigenvalue weighted by Gasteiger charge is -2.17. The molecule has 3 rings (SSSR count). The van der Waals surface area contributed by atoms with Crippen molar-refractivity contribution >= 4 is 28.9 Å². The molecule has 0 aromatic heterocycles. The number of aliphatic imine (C=N–C) groups is 1. The Hall–Kier alpha value is -3.59. The number of nitrogens with one attached hydrogen (secondary N) is 2. The zero-order valence-electron chi connectivity index (χ0n) is 16.9. The molecule has 0 spiro atoms. The highest BCUT2D eigenvalue weighted by Crippen LogP contribution is 2.30. The second-order valence-electron chi connectivity index (χ2n) is 6.69. The monoisotopic (exact) mass is 388 g/mol. The van der Waals surface area contributed by atoms with E-state index in [9.17, 15) is 9.59 Å². The molecular formula is C23H24N4O2. The molecule has 29 heavy (non-hydrogen) atoms. The number of Topliss-reactive ketones (excluding diaryl/α,β-unsaturated/α-hetero) is 1. The smallest absolute Gasteiger partial charge is 0.257 e. The highest BCUT2D eigenvalue weighted by atomic mass is 16.2. The Kier molecular flexibility index (Phi) is 6.30. The normalized spacial score (nSPS) is 18.0. The summed E-state index contributed by atoms with van der Waals surface area (Å²) in [5.74, 6) is 0.510. The summed E-state index contributed by atoms with van der Waals surface area (Å²) in [6.07, 6.45) is 7.66. The SMILES string of the molecule is CCNc1ccc(C(C)=O)cc1N=C1C/C(=C\NC)C(=O)N1CC1=C=C=CC=C1. The molecule has 2 aliphatic rings. The maximum absolute atomic E-state index is 12.9. The topological polar surface area (TPSA) is 73.8 Å². The molecule has 1 amide bonds. The largest absolute Gasteiger partial charge is 0.394 e. The molecule has 0 bridgehead atoms. The summed E-state index contributed by atoms with van der Waals surface area (Å²) in [6.45, 7) is 4.61. The molecular weight excluding hydrogens is 364 g/mol. The van der Waals surface area contributed by atoms with Crippen LogP contribution in [0.3, 0.4) is 0 Å². The lowest BCUT2D eigenvalue weighted by atomic mass is 10.1. The van der Waals surface area contributed by atoms with Crippen LogP contribution in [-0.4, -0.2) is 42.6 Å². The van der Waals surface area contributed by atoms with Crippen molar-refractivity contribution in [2.45, 2.75) is 20.3 Å². The molecule has 1 heterocycles. The molecule has 1 fully saturated rings. The van der Waals surface area contributed by atoms with Gasteiger partial charge in [-0.05, 0) is 44.2 Å². The lowest BCUT2D eigenvalue weighted by Crippen LogP contribution is -2.31. The zero-order chi connectivity index (χ0) is 20.8. The predicted molar refractivity (Wildman–Crippen MR) is 115 cm³/mol. The third-order valence-electron chi connectivity index (χ3n) is 4.56. The van der Waals surface area contributed by atoms with Crippen LogP contribution in [0.5, 0.6) is 0 Å². The fraction of sp³-hybridized carbons (Fsp3) is 0.261. The first-order chi connectivity index (χ1) is 14.0. The standard InChI is InChI=1S/C23H24N4O2/c1-4-25-20-11-10-18(16(2)28)12-21(20)26-22-13-19(14-24-3)23(29)27(22)15-17-8-6-5-7-9-17/h5-6,8,10-12,14,24-25H,4,13,15H2,1-3H3/b19-14+,26-22?. The van der Waals surface area contributed by atoms with Gasteiger partial charge >= 0.3 is 0 Å². The van der Waals surface area contributed by atoms with Crippen molar-refractivity contribution in [2.24, 2.45) is 4.99 Å². The fourth-order valence-corrected chi connectivity index (χ4v) is 3.15. The van der Waals surface area contributed by atoms with Crippen molar-refractivity contribution in [1.29, 1.82) is 0 Å². The van der Waals surface area contributed by atoms with Crippen LogP contribution in [0.15, 0.2) is 70.2 Å². The Morgan fingerprint density at radius 1 is 1.38 bits per heavy atom. The van der Waals surface area contributed by atoms with E-state index < -0.39 is 0 Å². The second-order valence-corrected chi connectivity index (χ2v) is 6.69. The Balaban J connectivity index is 2.05. The van der Waals surface area contributed by atoms with Crippen LogP contribution >= 0.6 is 0 Å². The summed E-state index contributed by atoms with van der Waals surface area (Å²) in [6, 6.07) is 5.39. The Morgan fingerprint density at radius 3 is 2.86 bits per heavy atom. The van der Waals surface area contributed by atoms with Crippen LogP contribution in [-0.2, 0) is 4.79 Å². The average molecular weight is 388 g/mol.